The Bertz CT molecular complexity index is 607. The van der Waals surface area contributed by atoms with Gasteiger partial charge in [-0.3, -0.25) is 9.78 Å². The Balaban J connectivity index is 2.03. The predicted molar refractivity (Wildman–Crippen MR) is 81.8 cm³/mol. The Morgan fingerprint density at radius 3 is 2.80 bits per heavy atom. The second-order valence-electron chi connectivity index (χ2n) is 4.32. The van der Waals surface area contributed by atoms with Crippen molar-refractivity contribution >= 4 is 33.4 Å². The van der Waals surface area contributed by atoms with Gasteiger partial charge in [0.2, 0.25) is 0 Å². The highest BCUT2D eigenvalue weighted by atomic mass is 79.9. The van der Waals surface area contributed by atoms with Crippen molar-refractivity contribution in [2.24, 2.45) is 0 Å². The van der Waals surface area contributed by atoms with Crippen LogP contribution in [0.3, 0.4) is 0 Å². The van der Waals surface area contributed by atoms with E-state index >= 15 is 0 Å². The van der Waals surface area contributed by atoms with E-state index in [0.29, 0.717) is 12.1 Å². The topological polar surface area (TPSA) is 46.1 Å². The number of carbonyl (C=O) groups excluding carboxylic acids is 1. The summed E-state index contributed by atoms with van der Waals surface area (Å²) in [6.07, 6.45) is 5.82. The third-order valence-electron chi connectivity index (χ3n) is 2.87. The standard InChI is InChI=1S/C14H13BrClN3O/c1-19(7-4-10-2-5-17-6-3-10)14(20)12-8-11(15)9-18-13(12)16/h2-3,5-6,8-9H,4,7H2,1H3. The number of likely N-dealkylation sites (N-methyl/N-ethyl adjacent to an activating group) is 1. The van der Waals surface area contributed by atoms with E-state index in [1.165, 1.54) is 0 Å². The highest BCUT2D eigenvalue weighted by molar-refractivity contribution is 9.10. The van der Waals surface area contributed by atoms with Crippen LogP contribution >= 0.6 is 27.5 Å². The molecule has 0 aliphatic heterocycles. The van der Waals surface area contributed by atoms with Crippen LogP contribution in [0.4, 0.5) is 0 Å². The Hall–Kier alpha value is -1.46. The zero-order valence-electron chi connectivity index (χ0n) is 10.9. The average Bonchev–Trinajstić information content (AvgIpc) is 2.47. The number of nitrogens with zero attached hydrogens (tertiary/aromatic N) is 3. The Morgan fingerprint density at radius 1 is 1.40 bits per heavy atom. The molecule has 0 radical (unpaired) electrons. The zero-order chi connectivity index (χ0) is 14.5. The second kappa shape index (κ2) is 6.81. The molecule has 2 aromatic rings. The van der Waals surface area contributed by atoms with Gasteiger partial charge in [0, 0.05) is 36.7 Å². The first kappa shape index (κ1) is 14.9. The first-order valence-corrected chi connectivity index (χ1v) is 7.20. The molecular weight excluding hydrogens is 342 g/mol. The molecule has 0 aliphatic carbocycles. The van der Waals surface area contributed by atoms with Gasteiger partial charge in [-0.05, 0) is 46.1 Å². The molecule has 6 heteroatoms. The van der Waals surface area contributed by atoms with E-state index in [-0.39, 0.29) is 11.1 Å². The smallest absolute Gasteiger partial charge is 0.256 e. The van der Waals surface area contributed by atoms with Crippen LogP contribution in [-0.2, 0) is 6.42 Å². The molecule has 0 atom stereocenters. The van der Waals surface area contributed by atoms with Crippen molar-refractivity contribution in [3.8, 4) is 0 Å². The molecule has 0 fully saturated rings. The molecule has 0 saturated carbocycles. The van der Waals surface area contributed by atoms with Crippen molar-refractivity contribution in [1.82, 2.24) is 14.9 Å². The van der Waals surface area contributed by atoms with E-state index in [2.05, 4.69) is 25.9 Å². The number of carbonyl (C=O) groups is 1. The fourth-order valence-corrected chi connectivity index (χ4v) is 2.24. The first-order chi connectivity index (χ1) is 9.58. The van der Waals surface area contributed by atoms with Crippen LogP contribution in [0.2, 0.25) is 5.15 Å². The van der Waals surface area contributed by atoms with Gasteiger partial charge in [-0.25, -0.2) is 4.98 Å². The molecule has 0 aromatic carbocycles. The van der Waals surface area contributed by atoms with Crippen LogP contribution in [0.5, 0.6) is 0 Å². The molecular formula is C14H13BrClN3O. The van der Waals surface area contributed by atoms with Crippen LogP contribution < -0.4 is 0 Å². The normalized spacial score (nSPS) is 10.3. The van der Waals surface area contributed by atoms with Gasteiger partial charge in [0.05, 0.1) is 5.56 Å². The van der Waals surface area contributed by atoms with Gasteiger partial charge in [-0.2, -0.15) is 0 Å². The molecule has 104 valence electrons. The van der Waals surface area contributed by atoms with Gasteiger partial charge in [0.1, 0.15) is 5.15 Å². The maximum absolute atomic E-state index is 12.3. The van der Waals surface area contributed by atoms with Gasteiger partial charge in [-0.15, -0.1) is 0 Å². The third kappa shape index (κ3) is 3.77. The molecule has 20 heavy (non-hydrogen) atoms. The van der Waals surface area contributed by atoms with Crippen molar-refractivity contribution < 1.29 is 4.79 Å². The van der Waals surface area contributed by atoms with Gasteiger partial charge >= 0.3 is 0 Å². The van der Waals surface area contributed by atoms with E-state index in [9.17, 15) is 4.79 Å². The van der Waals surface area contributed by atoms with Gasteiger partial charge < -0.3 is 4.90 Å². The van der Waals surface area contributed by atoms with Crippen LogP contribution in [0.15, 0.2) is 41.3 Å². The van der Waals surface area contributed by atoms with Gasteiger partial charge in [0.25, 0.3) is 5.91 Å². The molecule has 2 aromatic heterocycles. The maximum Gasteiger partial charge on any atom is 0.256 e. The molecule has 0 spiro atoms. The lowest BCUT2D eigenvalue weighted by atomic mass is 10.2. The van der Waals surface area contributed by atoms with Gasteiger partial charge in [-0.1, -0.05) is 11.6 Å². The van der Waals surface area contributed by atoms with Crippen molar-refractivity contribution in [1.29, 1.82) is 0 Å². The molecule has 0 saturated heterocycles. The summed E-state index contributed by atoms with van der Waals surface area (Å²) in [6, 6.07) is 5.55. The molecule has 2 rings (SSSR count). The summed E-state index contributed by atoms with van der Waals surface area (Å²) >= 11 is 9.26. The number of hydrogen-bond acceptors (Lipinski definition) is 3. The molecule has 0 N–H and O–H groups in total. The van der Waals surface area contributed by atoms with E-state index < -0.39 is 0 Å². The summed E-state index contributed by atoms with van der Waals surface area (Å²) in [4.78, 5) is 21.9. The van der Waals surface area contributed by atoms with Crippen molar-refractivity contribution in [3.05, 3.63) is 57.5 Å². The lowest BCUT2D eigenvalue weighted by Gasteiger charge is -2.17. The quantitative estimate of drug-likeness (QED) is 0.792. The molecule has 0 unspecified atom stereocenters. The minimum absolute atomic E-state index is 0.141. The summed E-state index contributed by atoms with van der Waals surface area (Å²) in [6.45, 7) is 0.603. The Kier molecular flexibility index (Phi) is 5.09. The maximum atomic E-state index is 12.3. The summed E-state index contributed by atoms with van der Waals surface area (Å²) in [5.41, 5.74) is 1.54. The number of rotatable bonds is 4. The predicted octanol–water partition coefficient (Wildman–Crippen LogP) is 3.21. The molecule has 1 amide bonds. The lowest BCUT2D eigenvalue weighted by molar-refractivity contribution is 0.0796. The van der Waals surface area contributed by atoms with Crippen molar-refractivity contribution in [3.63, 3.8) is 0 Å². The number of aromatic nitrogens is 2. The minimum atomic E-state index is -0.141. The summed E-state index contributed by atoms with van der Waals surface area (Å²) in [5, 5.41) is 0.217. The number of hydrogen-bond donors (Lipinski definition) is 0. The third-order valence-corrected chi connectivity index (χ3v) is 3.60. The van der Waals surface area contributed by atoms with Gasteiger partial charge in [0.15, 0.2) is 0 Å². The summed E-state index contributed by atoms with van der Waals surface area (Å²) in [7, 11) is 1.75. The number of pyridine rings is 2. The largest absolute Gasteiger partial charge is 0.341 e. The number of halogens is 2. The average molecular weight is 355 g/mol. The molecule has 0 bridgehead atoms. The Morgan fingerprint density at radius 2 is 2.10 bits per heavy atom. The highest BCUT2D eigenvalue weighted by Gasteiger charge is 2.16. The van der Waals surface area contributed by atoms with E-state index in [1.807, 2.05) is 12.1 Å². The SMILES string of the molecule is CN(CCc1ccncc1)C(=O)c1cc(Br)cnc1Cl. The first-order valence-electron chi connectivity index (χ1n) is 6.03. The lowest BCUT2D eigenvalue weighted by Crippen LogP contribution is -2.29. The van der Waals surface area contributed by atoms with Crippen LogP contribution in [-0.4, -0.2) is 34.4 Å². The fourth-order valence-electron chi connectivity index (χ4n) is 1.73. The van der Waals surface area contributed by atoms with E-state index in [1.54, 1.807) is 36.6 Å². The summed E-state index contributed by atoms with van der Waals surface area (Å²) in [5.74, 6) is -0.141. The fraction of sp³-hybridized carbons (Fsp3) is 0.214. The summed E-state index contributed by atoms with van der Waals surface area (Å²) < 4.78 is 0.729. The number of amides is 1. The highest BCUT2D eigenvalue weighted by Crippen LogP contribution is 2.19. The van der Waals surface area contributed by atoms with Crippen LogP contribution in [0, 0.1) is 0 Å². The van der Waals surface area contributed by atoms with Crippen molar-refractivity contribution in [2.75, 3.05) is 13.6 Å². The van der Waals surface area contributed by atoms with Crippen LogP contribution in [0.1, 0.15) is 15.9 Å². The van der Waals surface area contributed by atoms with Crippen LogP contribution in [0.25, 0.3) is 0 Å². The Labute approximate surface area is 130 Å². The molecule has 4 nitrogen and oxygen atoms in total. The minimum Gasteiger partial charge on any atom is -0.341 e. The van der Waals surface area contributed by atoms with E-state index in [4.69, 9.17) is 11.6 Å². The molecule has 0 aliphatic rings. The van der Waals surface area contributed by atoms with Crippen molar-refractivity contribution in [2.45, 2.75) is 6.42 Å². The molecule has 2 heterocycles. The van der Waals surface area contributed by atoms with E-state index in [0.717, 1.165) is 16.5 Å². The monoisotopic (exact) mass is 353 g/mol. The zero-order valence-corrected chi connectivity index (χ0v) is 13.2. The second-order valence-corrected chi connectivity index (χ2v) is 5.60.